The molecule has 0 saturated heterocycles. The van der Waals surface area contributed by atoms with Crippen molar-refractivity contribution in [1.29, 1.82) is 0 Å². The minimum atomic E-state index is -0.119. The summed E-state index contributed by atoms with van der Waals surface area (Å²) in [5.41, 5.74) is 3.54. The van der Waals surface area contributed by atoms with Crippen LogP contribution in [0.2, 0.25) is 0 Å². The highest BCUT2D eigenvalue weighted by Gasteiger charge is 2.06. The molecule has 0 bridgehead atoms. The third-order valence-corrected chi connectivity index (χ3v) is 3.10. The molecule has 2 amide bonds. The SMILES string of the molecule is CC(=O)Nc1ccc(NC(=O)Cc2ccccc2C)cc1. The predicted molar refractivity (Wildman–Crippen MR) is 84.3 cm³/mol. The van der Waals surface area contributed by atoms with E-state index in [9.17, 15) is 9.59 Å². The Morgan fingerprint density at radius 3 is 2.05 bits per heavy atom. The fourth-order valence-corrected chi connectivity index (χ4v) is 2.03. The Morgan fingerprint density at radius 1 is 0.905 bits per heavy atom. The van der Waals surface area contributed by atoms with Crippen LogP contribution in [0.25, 0.3) is 0 Å². The molecule has 0 aliphatic rings. The van der Waals surface area contributed by atoms with E-state index in [-0.39, 0.29) is 11.8 Å². The largest absolute Gasteiger partial charge is 0.326 e. The predicted octanol–water partition coefficient (Wildman–Crippen LogP) is 3.13. The second-order valence-corrected chi connectivity index (χ2v) is 4.91. The fraction of sp³-hybridized carbons (Fsp3) is 0.176. The van der Waals surface area contributed by atoms with Crippen LogP contribution in [0, 0.1) is 6.92 Å². The van der Waals surface area contributed by atoms with Crippen molar-refractivity contribution < 1.29 is 9.59 Å². The molecule has 2 aromatic carbocycles. The number of amides is 2. The van der Waals surface area contributed by atoms with Crippen molar-refractivity contribution in [2.24, 2.45) is 0 Å². The molecule has 2 N–H and O–H groups in total. The molecular formula is C17H18N2O2. The van der Waals surface area contributed by atoms with Crippen molar-refractivity contribution >= 4 is 23.2 Å². The minimum absolute atomic E-state index is 0.0587. The number of benzene rings is 2. The topological polar surface area (TPSA) is 58.2 Å². The number of carbonyl (C=O) groups excluding carboxylic acids is 2. The number of aryl methyl sites for hydroxylation is 1. The van der Waals surface area contributed by atoms with E-state index >= 15 is 0 Å². The zero-order chi connectivity index (χ0) is 15.2. The molecule has 2 aromatic rings. The van der Waals surface area contributed by atoms with Crippen LogP contribution >= 0.6 is 0 Å². The molecular weight excluding hydrogens is 264 g/mol. The van der Waals surface area contributed by atoms with E-state index in [1.165, 1.54) is 6.92 Å². The maximum atomic E-state index is 12.0. The van der Waals surface area contributed by atoms with E-state index in [0.717, 1.165) is 11.1 Å². The number of carbonyl (C=O) groups is 2. The van der Waals surface area contributed by atoms with Gasteiger partial charge in [0, 0.05) is 18.3 Å². The van der Waals surface area contributed by atoms with E-state index in [2.05, 4.69) is 10.6 Å². The zero-order valence-corrected chi connectivity index (χ0v) is 12.1. The summed E-state index contributed by atoms with van der Waals surface area (Å²) in [6, 6.07) is 14.9. The first-order valence-corrected chi connectivity index (χ1v) is 6.76. The summed E-state index contributed by atoms with van der Waals surface area (Å²) in [6.07, 6.45) is 0.347. The van der Waals surface area contributed by atoms with Gasteiger partial charge >= 0.3 is 0 Å². The smallest absolute Gasteiger partial charge is 0.228 e. The third kappa shape index (κ3) is 4.45. The molecule has 0 unspecified atom stereocenters. The number of rotatable bonds is 4. The molecule has 108 valence electrons. The quantitative estimate of drug-likeness (QED) is 0.905. The van der Waals surface area contributed by atoms with Gasteiger partial charge in [0.15, 0.2) is 0 Å². The summed E-state index contributed by atoms with van der Waals surface area (Å²) in [4.78, 5) is 22.9. The van der Waals surface area contributed by atoms with Crippen LogP contribution in [0.5, 0.6) is 0 Å². The fourth-order valence-electron chi connectivity index (χ4n) is 2.03. The van der Waals surface area contributed by atoms with Crippen molar-refractivity contribution in [3.63, 3.8) is 0 Å². The Labute approximate surface area is 124 Å². The van der Waals surface area contributed by atoms with Crippen molar-refractivity contribution in [1.82, 2.24) is 0 Å². The van der Waals surface area contributed by atoms with Gasteiger partial charge in [0.25, 0.3) is 0 Å². The van der Waals surface area contributed by atoms with E-state index < -0.39 is 0 Å². The summed E-state index contributed by atoms with van der Waals surface area (Å²) >= 11 is 0. The Balaban J connectivity index is 1.96. The molecule has 4 nitrogen and oxygen atoms in total. The van der Waals surface area contributed by atoms with Gasteiger partial charge in [-0.15, -0.1) is 0 Å². The van der Waals surface area contributed by atoms with E-state index in [1.54, 1.807) is 24.3 Å². The second-order valence-electron chi connectivity index (χ2n) is 4.91. The number of hydrogen-bond donors (Lipinski definition) is 2. The van der Waals surface area contributed by atoms with Gasteiger partial charge in [-0.3, -0.25) is 9.59 Å². The van der Waals surface area contributed by atoms with Crippen molar-refractivity contribution in [2.75, 3.05) is 10.6 Å². The monoisotopic (exact) mass is 282 g/mol. The van der Waals surface area contributed by atoms with Gasteiger partial charge in [0.2, 0.25) is 11.8 Å². The summed E-state index contributed by atoms with van der Waals surface area (Å²) < 4.78 is 0. The molecule has 0 heterocycles. The van der Waals surface area contributed by atoms with E-state index in [4.69, 9.17) is 0 Å². The molecule has 0 radical (unpaired) electrons. The Morgan fingerprint density at radius 2 is 1.48 bits per heavy atom. The molecule has 0 aliphatic carbocycles. The standard InChI is InChI=1S/C17H18N2O2/c1-12-5-3-4-6-14(12)11-17(21)19-16-9-7-15(8-10-16)18-13(2)20/h3-10H,11H2,1-2H3,(H,18,20)(H,19,21). The van der Waals surface area contributed by atoms with Gasteiger partial charge in [-0.25, -0.2) is 0 Å². The van der Waals surface area contributed by atoms with E-state index in [1.807, 2.05) is 31.2 Å². The van der Waals surface area contributed by atoms with Crippen molar-refractivity contribution in [2.45, 2.75) is 20.3 Å². The van der Waals surface area contributed by atoms with Crippen LogP contribution in [0.15, 0.2) is 48.5 Å². The minimum Gasteiger partial charge on any atom is -0.326 e. The number of anilines is 2. The molecule has 0 fully saturated rings. The van der Waals surface area contributed by atoms with Gasteiger partial charge in [-0.1, -0.05) is 24.3 Å². The molecule has 21 heavy (non-hydrogen) atoms. The molecule has 0 saturated carbocycles. The molecule has 0 atom stereocenters. The lowest BCUT2D eigenvalue weighted by atomic mass is 10.1. The number of hydrogen-bond acceptors (Lipinski definition) is 2. The highest BCUT2D eigenvalue weighted by atomic mass is 16.2. The summed E-state index contributed by atoms with van der Waals surface area (Å²) in [7, 11) is 0. The van der Waals surface area contributed by atoms with Crippen LogP contribution < -0.4 is 10.6 Å². The Kier molecular flexibility index (Phi) is 4.72. The van der Waals surface area contributed by atoms with Crippen LogP contribution in [-0.4, -0.2) is 11.8 Å². The van der Waals surface area contributed by atoms with Crippen LogP contribution in [-0.2, 0) is 16.0 Å². The molecule has 0 aromatic heterocycles. The van der Waals surface area contributed by atoms with Crippen LogP contribution in [0.3, 0.4) is 0 Å². The highest BCUT2D eigenvalue weighted by molar-refractivity contribution is 5.93. The molecule has 0 aliphatic heterocycles. The lowest BCUT2D eigenvalue weighted by Gasteiger charge is -2.08. The molecule has 4 heteroatoms. The molecule has 2 rings (SSSR count). The second kappa shape index (κ2) is 6.70. The molecule has 0 spiro atoms. The van der Waals surface area contributed by atoms with Gasteiger partial charge in [-0.05, 0) is 42.3 Å². The Hall–Kier alpha value is -2.62. The average molecular weight is 282 g/mol. The van der Waals surface area contributed by atoms with Gasteiger partial charge in [0.1, 0.15) is 0 Å². The lowest BCUT2D eigenvalue weighted by molar-refractivity contribution is -0.116. The summed E-state index contributed by atoms with van der Waals surface area (Å²) in [5.74, 6) is -0.178. The van der Waals surface area contributed by atoms with Crippen LogP contribution in [0.4, 0.5) is 11.4 Å². The maximum absolute atomic E-state index is 12.0. The zero-order valence-electron chi connectivity index (χ0n) is 12.1. The summed E-state index contributed by atoms with van der Waals surface area (Å²) in [5, 5.41) is 5.53. The number of nitrogens with one attached hydrogen (secondary N) is 2. The Bertz CT molecular complexity index is 648. The van der Waals surface area contributed by atoms with Crippen molar-refractivity contribution in [3.05, 3.63) is 59.7 Å². The highest BCUT2D eigenvalue weighted by Crippen LogP contribution is 2.14. The first-order chi connectivity index (χ1) is 10.0. The first-order valence-electron chi connectivity index (χ1n) is 6.76. The normalized spacial score (nSPS) is 10.0. The van der Waals surface area contributed by atoms with Gasteiger partial charge in [-0.2, -0.15) is 0 Å². The first kappa shape index (κ1) is 14.8. The van der Waals surface area contributed by atoms with Crippen molar-refractivity contribution in [3.8, 4) is 0 Å². The third-order valence-electron chi connectivity index (χ3n) is 3.10. The lowest BCUT2D eigenvalue weighted by Crippen LogP contribution is -2.15. The van der Waals surface area contributed by atoms with Gasteiger partial charge < -0.3 is 10.6 Å². The average Bonchev–Trinajstić information content (AvgIpc) is 2.43. The van der Waals surface area contributed by atoms with Gasteiger partial charge in [0.05, 0.1) is 6.42 Å². The van der Waals surface area contributed by atoms with E-state index in [0.29, 0.717) is 17.8 Å². The maximum Gasteiger partial charge on any atom is 0.228 e. The summed E-state index contributed by atoms with van der Waals surface area (Å²) in [6.45, 7) is 3.45. The van der Waals surface area contributed by atoms with Crippen LogP contribution in [0.1, 0.15) is 18.1 Å².